The third-order valence-electron chi connectivity index (χ3n) is 3.69. The van der Waals surface area contributed by atoms with Crippen LogP contribution in [0.1, 0.15) is 22.5 Å². The second-order valence-electron chi connectivity index (χ2n) is 5.33. The first-order chi connectivity index (χ1) is 9.22. The van der Waals surface area contributed by atoms with E-state index in [2.05, 4.69) is 45.0 Å². The first kappa shape index (κ1) is 12.4. The van der Waals surface area contributed by atoms with Crippen molar-refractivity contribution >= 4 is 0 Å². The molecule has 0 amide bonds. The van der Waals surface area contributed by atoms with Gasteiger partial charge in [-0.05, 0) is 23.7 Å². The molecule has 0 fully saturated rings. The molecule has 4 heteroatoms. The Balaban J connectivity index is 1.66. The van der Waals surface area contributed by atoms with Gasteiger partial charge in [0.1, 0.15) is 5.82 Å². The van der Waals surface area contributed by atoms with Gasteiger partial charge in [-0.3, -0.25) is 4.90 Å². The maximum Gasteiger partial charge on any atom is 0.122 e. The Morgan fingerprint density at radius 2 is 2.11 bits per heavy atom. The van der Waals surface area contributed by atoms with Crippen LogP contribution in [0, 0.1) is 0 Å². The first-order valence-corrected chi connectivity index (χ1v) is 6.68. The molecular weight excluding hydrogens is 236 g/mol. The minimum Gasteiger partial charge on any atom is -0.337 e. The van der Waals surface area contributed by atoms with E-state index in [1.165, 1.54) is 16.7 Å². The molecule has 0 unspecified atom stereocenters. The third-order valence-corrected chi connectivity index (χ3v) is 3.69. The number of rotatable bonds is 4. The van der Waals surface area contributed by atoms with Gasteiger partial charge in [0, 0.05) is 39.1 Å². The molecule has 19 heavy (non-hydrogen) atoms. The van der Waals surface area contributed by atoms with E-state index in [4.69, 9.17) is 0 Å². The third kappa shape index (κ3) is 2.69. The summed E-state index contributed by atoms with van der Waals surface area (Å²) >= 11 is 0. The number of benzene rings is 1. The smallest absolute Gasteiger partial charge is 0.122 e. The molecule has 0 spiro atoms. The van der Waals surface area contributed by atoms with Gasteiger partial charge in [0.15, 0.2) is 0 Å². The maximum absolute atomic E-state index is 4.37. The molecule has 1 aliphatic rings. The van der Waals surface area contributed by atoms with Gasteiger partial charge < -0.3 is 9.88 Å². The average molecular weight is 256 g/mol. The number of imidazole rings is 1. The van der Waals surface area contributed by atoms with E-state index in [0.717, 1.165) is 32.0 Å². The summed E-state index contributed by atoms with van der Waals surface area (Å²) in [5, 5.41) is 3.39. The molecule has 0 saturated carbocycles. The highest BCUT2D eigenvalue weighted by Crippen LogP contribution is 2.18. The standard InChI is InChI=1S/C15H20N4/c1-18(11-15-17-5-6-19(15)2)10-12-3-4-13-8-16-9-14(13)7-12/h3-7,16H,8-11H2,1-2H3. The van der Waals surface area contributed by atoms with Crippen LogP contribution in [0.25, 0.3) is 0 Å². The van der Waals surface area contributed by atoms with Crippen LogP contribution in [-0.2, 0) is 33.2 Å². The molecule has 4 nitrogen and oxygen atoms in total. The van der Waals surface area contributed by atoms with Crippen molar-refractivity contribution in [2.45, 2.75) is 26.2 Å². The fraction of sp³-hybridized carbons (Fsp3) is 0.400. The second-order valence-corrected chi connectivity index (χ2v) is 5.33. The summed E-state index contributed by atoms with van der Waals surface area (Å²) in [6.07, 6.45) is 3.84. The molecule has 3 rings (SSSR count). The van der Waals surface area contributed by atoms with E-state index >= 15 is 0 Å². The summed E-state index contributed by atoms with van der Waals surface area (Å²) in [5.74, 6) is 1.10. The molecule has 0 atom stereocenters. The summed E-state index contributed by atoms with van der Waals surface area (Å²) in [6.45, 7) is 3.85. The van der Waals surface area contributed by atoms with Gasteiger partial charge >= 0.3 is 0 Å². The average Bonchev–Trinajstić information content (AvgIpc) is 2.98. The van der Waals surface area contributed by atoms with E-state index in [-0.39, 0.29) is 0 Å². The van der Waals surface area contributed by atoms with Gasteiger partial charge in [-0.2, -0.15) is 0 Å². The number of nitrogens with one attached hydrogen (secondary N) is 1. The van der Waals surface area contributed by atoms with E-state index in [0.29, 0.717) is 0 Å². The van der Waals surface area contributed by atoms with Crippen LogP contribution in [0.4, 0.5) is 0 Å². The summed E-state index contributed by atoms with van der Waals surface area (Å²) in [7, 11) is 4.18. The molecule has 0 bridgehead atoms. The van der Waals surface area contributed by atoms with Crippen LogP contribution >= 0.6 is 0 Å². The highest BCUT2D eigenvalue weighted by atomic mass is 15.1. The minimum atomic E-state index is 0.874. The van der Waals surface area contributed by atoms with Crippen molar-refractivity contribution in [3.8, 4) is 0 Å². The first-order valence-electron chi connectivity index (χ1n) is 6.68. The normalized spacial score (nSPS) is 14.1. The van der Waals surface area contributed by atoms with Crippen LogP contribution < -0.4 is 5.32 Å². The maximum atomic E-state index is 4.37. The summed E-state index contributed by atoms with van der Waals surface area (Å²) in [4.78, 5) is 6.66. The Kier molecular flexibility index (Phi) is 3.36. The SMILES string of the molecule is CN(Cc1ccc2c(c1)CNC2)Cc1nccn1C. The largest absolute Gasteiger partial charge is 0.337 e. The van der Waals surface area contributed by atoms with Crippen molar-refractivity contribution < 1.29 is 0 Å². The van der Waals surface area contributed by atoms with E-state index in [1.54, 1.807) is 0 Å². The number of fused-ring (bicyclic) bond motifs is 1. The summed E-state index contributed by atoms with van der Waals surface area (Å²) in [5.41, 5.74) is 4.26. The molecule has 1 aromatic carbocycles. The van der Waals surface area contributed by atoms with Gasteiger partial charge in [0.05, 0.1) is 6.54 Å². The zero-order valence-electron chi connectivity index (χ0n) is 11.6. The lowest BCUT2D eigenvalue weighted by Gasteiger charge is -2.17. The molecule has 1 aliphatic heterocycles. The molecule has 1 aromatic heterocycles. The monoisotopic (exact) mass is 256 g/mol. The van der Waals surface area contributed by atoms with Crippen LogP contribution in [0.15, 0.2) is 30.6 Å². The zero-order chi connectivity index (χ0) is 13.2. The molecule has 100 valence electrons. The Bertz CT molecular complexity index is 573. The number of hydrogen-bond donors (Lipinski definition) is 1. The van der Waals surface area contributed by atoms with Crippen molar-refractivity contribution in [1.82, 2.24) is 19.8 Å². The number of aryl methyl sites for hydroxylation is 1. The topological polar surface area (TPSA) is 33.1 Å². The van der Waals surface area contributed by atoms with Crippen molar-refractivity contribution in [2.75, 3.05) is 7.05 Å². The van der Waals surface area contributed by atoms with Crippen LogP contribution in [0.3, 0.4) is 0 Å². The molecule has 0 saturated heterocycles. The van der Waals surface area contributed by atoms with Crippen molar-refractivity contribution in [3.05, 3.63) is 53.1 Å². The van der Waals surface area contributed by atoms with Gasteiger partial charge in [0.2, 0.25) is 0 Å². The lowest BCUT2D eigenvalue weighted by Crippen LogP contribution is -2.19. The van der Waals surface area contributed by atoms with Gasteiger partial charge in [0.25, 0.3) is 0 Å². The Labute approximate surface area is 114 Å². The number of nitrogens with zero attached hydrogens (tertiary/aromatic N) is 3. The Hall–Kier alpha value is -1.65. The summed E-state index contributed by atoms with van der Waals surface area (Å²) < 4.78 is 2.07. The highest BCUT2D eigenvalue weighted by Gasteiger charge is 2.11. The molecule has 2 heterocycles. The molecular formula is C15H20N4. The number of aromatic nitrogens is 2. The van der Waals surface area contributed by atoms with Gasteiger partial charge in [-0.15, -0.1) is 0 Å². The van der Waals surface area contributed by atoms with E-state index in [9.17, 15) is 0 Å². The van der Waals surface area contributed by atoms with Gasteiger partial charge in [-0.1, -0.05) is 18.2 Å². The Morgan fingerprint density at radius 3 is 2.89 bits per heavy atom. The van der Waals surface area contributed by atoms with Crippen molar-refractivity contribution in [1.29, 1.82) is 0 Å². The molecule has 1 N–H and O–H groups in total. The fourth-order valence-corrected chi connectivity index (χ4v) is 2.60. The second kappa shape index (κ2) is 5.15. The lowest BCUT2D eigenvalue weighted by atomic mass is 10.1. The van der Waals surface area contributed by atoms with Crippen molar-refractivity contribution in [2.24, 2.45) is 7.05 Å². The van der Waals surface area contributed by atoms with Crippen LogP contribution in [-0.4, -0.2) is 21.5 Å². The van der Waals surface area contributed by atoms with Crippen LogP contribution in [0.5, 0.6) is 0 Å². The highest BCUT2D eigenvalue weighted by molar-refractivity contribution is 5.34. The van der Waals surface area contributed by atoms with Crippen LogP contribution in [0.2, 0.25) is 0 Å². The minimum absolute atomic E-state index is 0.874. The van der Waals surface area contributed by atoms with Gasteiger partial charge in [-0.25, -0.2) is 4.98 Å². The molecule has 0 aliphatic carbocycles. The lowest BCUT2D eigenvalue weighted by molar-refractivity contribution is 0.307. The van der Waals surface area contributed by atoms with E-state index < -0.39 is 0 Å². The van der Waals surface area contributed by atoms with Crippen molar-refractivity contribution in [3.63, 3.8) is 0 Å². The quantitative estimate of drug-likeness (QED) is 0.903. The Morgan fingerprint density at radius 1 is 1.26 bits per heavy atom. The fourth-order valence-electron chi connectivity index (χ4n) is 2.60. The predicted molar refractivity (Wildman–Crippen MR) is 75.4 cm³/mol. The number of hydrogen-bond acceptors (Lipinski definition) is 3. The molecule has 2 aromatic rings. The van der Waals surface area contributed by atoms with E-state index in [1.807, 2.05) is 19.4 Å². The molecule has 0 radical (unpaired) electrons. The zero-order valence-corrected chi connectivity index (χ0v) is 11.6. The summed E-state index contributed by atoms with van der Waals surface area (Å²) in [6, 6.07) is 6.81. The predicted octanol–water partition coefficient (Wildman–Crippen LogP) is 1.66.